The van der Waals surface area contributed by atoms with E-state index in [1.165, 1.54) is 6.92 Å². The van der Waals surface area contributed by atoms with E-state index in [1.54, 1.807) is 61.7 Å². The Hall–Kier alpha value is -3.39. The summed E-state index contributed by atoms with van der Waals surface area (Å²) < 4.78 is 16.1. The van der Waals surface area contributed by atoms with Crippen molar-refractivity contribution in [3.8, 4) is 11.3 Å². The number of carbonyl (C=O) groups is 3. The summed E-state index contributed by atoms with van der Waals surface area (Å²) in [6.45, 7) is 4.91. The number of carbonyl (C=O) groups excluding carboxylic acids is 3. The maximum atomic E-state index is 13.0. The lowest BCUT2D eigenvalue weighted by Gasteiger charge is -2.17. The molecule has 30 heavy (non-hydrogen) atoms. The van der Waals surface area contributed by atoms with E-state index in [2.05, 4.69) is 5.32 Å². The average Bonchev–Trinajstić information content (AvgIpc) is 3.32. The minimum Gasteiger partial charge on any atom is -0.462 e. The van der Waals surface area contributed by atoms with Crippen LogP contribution in [-0.2, 0) is 19.1 Å². The number of rotatable bonds is 7. The zero-order valence-corrected chi connectivity index (χ0v) is 17.6. The van der Waals surface area contributed by atoms with Gasteiger partial charge in [0.2, 0.25) is 6.10 Å². The highest BCUT2D eigenvalue weighted by atomic mass is 32.1. The molecule has 0 spiro atoms. The van der Waals surface area contributed by atoms with Crippen molar-refractivity contribution >= 4 is 34.2 Å². The van der Waals surface area contributed by atoms with Crippen LogP contribution in [0, 0.1) is 6.92 Å². The van der Waals surface area contributed by atoms with Gasteiger partial charge < -0.3 is 19.2 Å². The fourth-order valence-electron chi connectivity index (χ4n) is 2.86. The second-order valence-electron chi connectivity index (χ2n) is 6.37. The molecule has 0 fully saturated rings. The van der Waals surface area contributed by atoms with E-state index in [4.69, 9.17) is 13.9 Å². The van der Waals surface area contributed by atoms with Gasteiger partial charge in [-0.05, 0) is 26.0 Å². The van der Waals surface area contributed by atoms with Gasteiger partial charge in [-0.2, -0.15) is 0 Å². The number of esters is 2. The molecule has 3 aromatic rings. The van der Waals surface area contributed by atoms with Gasteiger partial charge in [0.1, 0.15) is 22.1 Å². The lowest BCUT2D eigenvalue weighted by Crippen LogP contribution is -2.25. The number of hydrogen-bond acceptors (Lipinski definition) is 7. The molecule has 0 saturated carbocycles. The molecule has 0 aliphatic carbocycles. The molecule has 0 radical (unpaired) electrons. The van der Waals surface area contributed by atoms with Gasteiger partial charge in [0.05, 0.1) is 6.61 Å². The van der Waals surface area contributed by atoms with E-state index in [0.29, 0.717) is 22.6 Å². The van der Waals surface area contributed by atoms with Crippen molar-refractivity contribution in [3.63, 3.8) is 0 Å². The fourth-order valence-corrected chi connectivity index (χ4v) is 3.80. The first kappa shape index (κ1) is 21.3. The molecule has 156 valence electrons. The Morgan fingerprint density at radius 3 is 2.47 bits per heavy atom. The summed E-state index contributed by atoms with van der Waals surface area (Å²) in [7, 11) is 0. The van der Waals surface area contributed by atoms with E-state index in [-0.39, 0.29) is 17.2 Å². The summed E-state index contributed by atoms with van der Waals surface area (Å²) in [6.07, 6.45) is -1.16. The number of furan rings is 1. The van der Waals surface area contributed by atoms with Crippen molar-refractivity contribution in [1.82, 2.24) is 0 Å². The minimum atomic E-state index is -1.16. The third-order valence-electron chi connectivity index (χ3n) is 4.14. The van der Waals surface area contributed by atoms with Crippen LogP contribution in [0.2, 0.25) is 0 Å². The maximum absolute atomic E-state index is 13.0. The van der Waals surface area contributed by atoms with Gasteiger partial charge in [-0.15, -0.1) is 11.3 Å². The number of benzene rings is 1. The van der Waals surface area contributed by atoms with Crippen LogP contribution in [0.5, 0.6) is 0 Å². The van der Waals surface area contributed by atoms with E-state index in [9.17, 15) is 14.4 Å². The highest BCUT2D eigenvalue weighted by Crippen LogP contribution is 2.37. The molecule has 0 saturated heterocycles. The Balaban J connectivity index is 1.96. The molecule has 3 rings (SSSR count). The van der Waals surface area contributed by atoms with Crippen LogP contribution in [0.25, 0.3) is 11.3 Å². The molecule has 0 aliphatic heterocycles. The standard InChI is InChI=1S/C22H21NO6S/c1-4-27-22(26)18-16(17-11-10-13(2)28-17)12-30-21(18)23-20(25)19(29-14(3)24)15-8-6-5-7-9-15/h5-12,19H,4H2,1-3H3,(H,23,25). The van der Waals surface area contributed by atoms with E-state index in [1.807, 2.05) is 0 Å². The number of nitrogens with one attached hydrogen (secondary N) is 1. The lowest BCUT2D eigenvalue weighted by atomic mass is 10.1. The van der Waals surface area contributed by atoms with Crippen molar-refractivity contribution in [2.75, 3.05) is 11.9 Å². The maximum Gasteiger partial charge on any atom is 0.341 e. The van der Waals surface area contributed by atoms with E-state index in [0.717, 1.165) is 11.3 Å². The molecule has 7 nitrogen and oxygen atoms in total. The molecule has 8 heteroatoms. The molecular weight excluding hydrogens is 406 g/mol. The van der Waals surface area contributed by atoms with Crippen LogP contribution < -0.4 is 5.32 Å². The number of ether oxygens (including phenoxy) is 2. The summed E-state index contributed by atoms with van der Waals surface area (Å²) in [6, 6.07) is 12.2. The molecule has 2 heterocycles. The van der Waals surface area contributed by atoms with Gasteiger partial charge in [0, 0.05) is 23.4 Å². The van der Waals surface area contributed by atoms with Gasteiger partial charge in [-0.3, -0.25) is 9.59 Å². The first-order valence-corrected chi connectivity index (χ1v) is 10.2. The molecule has 2 aromatic heterocycles. The predicted octanol–water partition coefficient (Wildman–Crippen LogP) is 4.74. The van der Waals surface area contributed by atoms with Gasteiger partial charge >= 0.3 is 11.9 Å². The largest absolute Gasteiger partial charge is 0.462 e. The van der Waals surface area contributed by atoms with Crippen molar-refractivity contribution in [2.24, 2.45) is 0 Å². The van der Waals surface area contributed by atoms with Crippen LogP contribution in [0.4, 0.5) is 5.00 Å². The van der Waals surface area contributed by atoms with Gasteiger partial charge in [0.25, 0.3) is 5.91 Å². The van der Waals surface area contributed by atoms with E-state index >= 15 is 0 Å². The van der Waals surface area contributed by atoms with E-state index < -0.39 is 23.9 Å². The van der Waals surface area contributed by atoms with Crippen LogP contribution in [0.1, 0.15) is 41.6 Å². The molecule has 0 bridgehead atoms. The van der Waals surface area contributed by atoms with Gasteiger partial charge in [-0.25, -0.2) is 4.79 Å². The molecular formula is C22H21NO6S. The highest BCUT2D eigenvalue weighted by molar-refractivity contribution is 7.15. The molecule has 1 amide bonds. The number of anilines is 1. The Morgan fingerprint density at radius 2 is 1.87 bits per heavy atom. The first-order valence-electron chi connectivity index (χ1n) is 9.29. The lowest BCUT2D eigenvalue weighted by molar-refractivity contribution is -0.152. The molecule has 1 unspecified atom stereocenters. The summed E-state index contributed by atoms with van der Waals surface area (Å²) >= 11 is 1.16. The third-order valence-corrected chi connectivity index (χ3v) is 5.03. The fraction of sp³-hybridized carbons (Fsp3) is 0.227. The summed E-state index contributed by atoms with van der Waals surface area (Å²) in [4.78, 5) is 37.2. The van der Waals surface area contributed by atoms with Gasteiger partial charge in [-0.1, -0.05) is 30.3 Å². The Kier molecular flexibility index (Phi) is 6.68. The van der Waals surface area contributed by atoms with Crippen LogP contribution in [0.15, 0.2) is 52.3 Å². The van der Waals surface area contributed by atoms with Crippen molar-refractivity contribution in [3.05, 3.63) is 64.7 Å². The zero-order chi connectivity index (χ0) is 21.7. The summed E-state index contributed by atoms with van der Waals surface area (Å²) in [5.41, 5.74) is 1.23. The van der Waals surface area contributed by atoms with Crippen LogP contribution in [-0.4, -0.2) is 24.5 Å². The topological polar surface area (TPSA) is 94.8 Å². The zero-order valence-electron chi connectivity index (χ0n) is 16.8. The smallest absolute Gasteiger partial charge is 0.341 e. The average molecular weight is 427 g/mol. The van der Waals surface area contributed by atoms with Crippen LogP contribution >= 0.6 is 11.3 Å². The summed E-state index contributed by atoms with van der Waals surface area (Å²) in [5.74, 6) is -0.571. The quantitative estimate of drug-likeness (QED) is 0.548. The molecule has 1 aromatic carbocycles. The number of aryl methyl sites for hydroxylation is 1. The molecule has 1 atom stereocenters. The van der Waals surface area contributed by atoms with Crippen molar-refractivity contribution in [2.45, 2.75) is 26.9 Å². The Bertz CT molecular complexity index is 1050. The number of hydrogen-bond donors (Lipinski definition) is 1. The molecule has 1 N–H and O–H groups in total. The number of amides is 1. The Labute approximate surface area is 177 Å². The first-order chi connectivity index (χ1) is 14.4. The second kappa shape index (κ2) is 9.41. The van der Waals surface area contributed by atoms with Crippen molar-refractivity contribution in [1.29, 1.82) is 0 Å². The second-order valence-corrected chi connectivity index (χ2v) is 7.25. The predicted molar refractivity (Wildman–Crippen MR) is 112 cm³/mol. The van der Waals surface area contributed by atoms with Crippen LogP contribution in [0.3, 0.4) is 0 Å². The SMILES string of the molecule is CCOC(=O)c1c(-c2ccc(C)o2)csc1NC(=O)C(OC(C)=O)c1ccccc1. The molecule has 0 aliphatic rings. The summed E-state index contributed by atoms with van der Waals surface area (Å²) in [5, 5.41) is 4.71. The number of thiophene rings is 1. The minimum absolute atomic E-state index is 0.179. The Morgan fingerprint density at radius 1 is 1.13 bits per heavy atom. The van der Waals surface area contributed by atoms with Gasteiger partial charge in [0.15, 0.2) is 0 Å². The monoisotopic (exact) mass is 427 g/mol. The highest BCUT2D eigenvalue weighted by Gasteiger charge is 2.29. The van der Waals surface area contributed by atoms with Crippen molar-refractivity contribution < 1.29 is 28.3 Å². The normalized spacial score (nSPS) is 11.6. The third kappa shape index (κ3) is 4.77.